The second-order valence-corrected chi connectivity index (χ2v) is 4.15. The summed E-state index contributed by atoms with van der Waals surface area (Å²) in [5.41, 5.74) is 13.6. The van der Waals surface area contributed by atoms with Crippen LogP contribution in [-0.4, -0.2) is 15.6 Å². The van der Waals surface area contributed by atoms with Gasteiger partial charge >= 0.3 is 0 Å². The van der Waals surface area contributed by atoms with Crippen molar-refractivity contribution in [3.63, 3.8) is 0 Å². The average Bonchev–Trinajstić information content (AvgIpc) is 2.76. The Morgan fingerprint density at radius 1 is 1.35 bits per heavy atom. The maximum atomic E-state index is 5.75. The summed E-state index contributed by atoms with van der Waals surface area (Å²) < 4.78 is 2.03. The zero-order chi connectivity index (χ0) is 12.3. The van der Waals surface area contributed by atoms with E-state index < -0.39 is 0 Å². The Labute approximate surface area is 100 Å². The lowest BCUT2D eigenvalue weighted by atomic mass is 10.2. The van der Waals surface area contributed by atoms with Gasteiger partial charge in [-0.05, 0) is 25.1 Å². The van der Waals surface area contributed by atoms with Crippen molar-refractivity contribution in [2.45, 2.75) is 19.5 Å². The molecular weight excluding hydrogens is 214 g/mol. The zero-order valence-electron chi connectivity index (χ0n) is 9.80. The molecule has 0 aliphatic rings. The van der Waals surface area contributed by atoms with Crippen molar-refractivity contribution in [2.75, 3.05) is 16.8 Å². The summed E-state index contributed by atoms with van der Waals surface area (Å²) in [7, 11) is 0. The average molecular weight is 231 g/mol. The van der Waals surface area contributed by atoms with Gasteiger partial charge in [-0.15, -0.1) is 0 Å². The molecule has 1 aromatic carbocycles. The van der Waals surface area contributed by atoms with Gasteiger partial charge in [-0.25, -0.2) is 4.98 Å². The van der Waals surface area contributed by atoms with Crippen LogP contribution in [0.2, 0.25) is 0 Å². The van der Waals surface area contributed by atoms with E-state index >= 15 is 0 Å². The monoisotopic (exact) mass is 231 g/mol. The van der Waals surface area contributed by atoms with Crippen LogP contribution < -0.4 is 16.8 Å². The third-order valence-corrected chi connectivity index (χ3v) is 2.54. The van der Waals surface area contributed by atoms with Crippen LogP contribution in [0.25, 0.3) is 0 Å². The topological polar surface area (TPSA) is 81.9 Å². The van der Waals surface area contributed by atoms with E-state index in [-0.39, 0.29) is 6.04 Å². The number of nitrogens with one attached hydrogen (secondary N) is 1. The summed E-state index contributed by atoms with van der Waals surface area (Å²) >= 11 is 0. The molecule has 5 N–H and O–H groups in total. The van der Waals surface area contributed by atoms with Crippen molar-refractivity contribution in [3.8, 4) is 0 Å². The molecule has 1 atom stereocenters. The predicted molar refractivity (Wildman–Crippen MR) is 70.6 cm³/mol. The molecule has 17 heavy (non-hydrogen) atoms. The molecule has 1 aromatic heterocycles. The van der Waals surface area contributed by atoms with Gasteiger partial charge in [0.1, 0.15) is 0 Å². The van der Waals surface area contributed by atoms with E-state index in [4.69, 9.17) is 11.5 Å². The lowest BCUT2D eigenvalue weighted by Crippen LogP contribution is -2.21. The minimum absolute atomic E-state index is 0.284. The van der Waals surface area contributed by atoms with Crippen LogP contribution >= 0.6 is 0 Å². The molecule has 0 aliphatic heterocycles. The van der Waals surface area contributed by atoms with Crippen molar-refractivity contribution in [1.82, 2.24) is 9.55 Å². The Balaban J connectivity index is 1.98. The van der Waals surface area contributed by atoms with Gasteiger partial charge in [0.25, 0.3) is 0 Å². The number of benzene rings is 1. The summed E-state index contributed by atoms with van der Waals surface area (Å²) in [6, 6.07) is 5.87. The number of rotatable bonds is 4. The SMILES string of the molecule is CC(Cn1ccnc1)Nc1ccc(N)c(N)c1. The standard InChI is InChI=1S/C12H17N5/c1-9(7-17-5-4-15-8-17)16-10-2-3-11(13)12(14)6-10/h2-6,8-9,16H,7,13-14H2,1H3. The number of nitrogen functional groups attached to an aromatic ring is 2. The van der Waals surface area contributed by atoms with Gasteiger partial charge < -0.3 is 21.4 Å². The van der Waals surface area contributed by atoms with Gasteiger partial charge in [0.05, 0.1) is 17.7 Å². The lowest BCUT2D eigenvalue weighted by Gasteiger charge is -2.16. The van der Waals surface area contributed by atoms with Gasteiger partial charge in [-0.1, -0.05) is 0 Å². The Kier molecular flexibility index (Phi) is 3.18. The molecule has 1 heterocycles. The first-order valence-corrected chi connectivity index (χ1v) is 5.52. The predicted octanol–water partition coefficient (Wildman–Crippen LogP) is 1.55. The van der Waals surface area contributed by atoms with E-state index in [1.165, 1.54) is 0 Å². The smallest absolute Gasteiger partial charge is 0.0946 e. The van der Waals surface area contributed by atoms with Crippen molar-refractivity contribution in [2.24, 2.45) is 0 Å². The summed E-state index contributed by atoms with van der Waals surface area (Å²) in [4.78, 5) is 4.01. The molecule has 0 fully saturated rings. The van der Waals surface area contributed by atoms with Gasteiger partial charge in [0.15, 0.2) is 0 Å². The van der Waals surface area contributed by atoms with Crippen LogP contribution in [0.3, 0.4) is 0 Å². The van der Waals surface area contributed by atoms with E-state index in [9.17, 15) is 0 Å². The summed E-state index contributed by atoms with van der Waals surface area (Å²) in [5, 5.41) is 3.36. The van der Waals surface area contributed by atoms with E-state index in [1.54, 1.807) is 12.5 Å². The Morgan fingerprint density at radius 3 is 2.82 bits per heavy atom. The Hall–Kier alpha value is -2.17. The van der Waals surface area contributed by atoms with Crippen molar-refractivity contribution in [3.05, 3.63) is 36.9 Å². The first-order chi connectivity index (χ1) is 8.15. The third-order valence-electron chi connectivity index (χ3n) is 2.54. The van der Waals surface area contributed by atoms with Gasteiger partial charge in [0, 0.05) is 30.7 Å². The fourth-order valence-electron chi connectivity index (χ4n) is 1.71. The molecular formula is C12H17N5. The molecule has 0 radical (unpaired) electrons. The molecule has 0 saturated carbocycles. The molecule has 0 bridgehead atoms. The fourth-order valence-corrected chi connectivity index (χ4v) is 1.71. The van der Waals surface area contributed by atoms with E-state index in [0.717, 1.165) is 12.2 Å². The molecule has 0 amide bonds. The molecule has 90 valence electrons. The second-order valence-electron chi connectivity index (χ2n) is 4.15. The number of anilines is 3. The summed E-state index contributed by atoms with van der Waals surface area (Å²) in [6.45, 7) is 2.96. The molecule has 0 saturated heterocycles. The molecule has 0 spiro atoms. The first kappa shape index (κ1) is 11.3. The van der Waals surface area contributed by atoms with E-state index in [1.807, 2.05) is 29.0 Å². The van der Waals surface area contributed by atoms with Crippen molar-refractivity contribution in [1.29, 1.82) is 0 Å². The van der Waals surface area contributed by atoms with E-state index in [2.05, 4.69) is 17.2 Å². The van der Waals surface area contributed by atoms with Crippen LogP contribution in [0.15, 0.2) is 36.9 Å². The zero-order valence-corrected chi connectivity index (χ0v) is 9.80. The van der Waals surface area contributed by atoms with Crippen LogP contribution in [0, 0.1) is 0 Å². The van der Waals surface area contributed by atoms with Gasteiger partial charge in [-0.3, -0.25) is 0 Å². The highest BCUT2D eigenvalue weighted by Crippen LogP contribution is 2.20. The number of imidazole rings is 1. The second kappa shape index (κ2) is 4.78. The van der Waals surface area contributed by atoms with Crippen LogP contribution in [0.1, 0.15) is 6.92 Å². The van der Waals surface area contributed by atoms with Crippen LogP contribution in [0.5, 0.6) is 0 Å². The number of hydrogen-bond donors (Lipinski definition) is 3. The number of hydrogen-bond acceptors (Lipinski definition) is 4. The number of nitrogens with two attached hydrogens (primary N) is 2. The first-order valence-electron chi connectivity index (χ1n) is 5.52. The molecule has 5 heteroatoms. The minimum atomic E-state index is 0.284. The lowest BCUT2D eigenvalue weighted by molar-refractivity contribution is 0.619. The Bertz CT molecular complexity index is 478. The molecule has 2 aromatic rings. The molecule has 0 aliphatic carbocycles. The van der Waals surface area contributed by atoms with E-state index in [0.29, 0.717) is 11.4 Å². The van der Waals surface area contributed by atoms with Crippen molar-refractivity contribution < 1.29 is 0 Å². The van der Waals surface area contributed by atoms with Gasteiger partial charge in [-0.2, -0.15) is 0 Å². The largest absolute Gasteiger partial charge is 0.397 e. The summed E-state index contributed by atoms with van der Waals surface area (Å²) in [6.07, 6.45) is 5.51. The molecule has 1 unspecified atom stereocenters. The minimum Gasteiger partial charge on any atom is -0.397 e. The van der Waals surface area contributed by atoms with Gasteiger partial charge in [0.2, 0.25) is 0 Å². The van der Waals surface area contributed by atoms with Crippen molar-refractivity contribution >= 4 is 17.1 Å². The highest BCUT2D eigenvalue weighted by Gasteiger charge is 2.04. The maximum Gasteiger partial charge on any atom is 0.0946 e. The van der Waals surface area contributed by atoms with Crippen LogP contribution in [0.4, 0.5) is 17.1 Å². The molecule has 2 rings (SSSR count). The fraction of sp³-hybridized carbons (Fsp3) is 0.250. The Morgan fingerprint density at radius 2 is 2.18 bits per heavy atom. The quantitative estimate of drug-likeness (QED) is 0.697. The normalized spacial score (nSPS) is 12.3. The highest BCUT2D eigenvalue weighted by atomic mass is 15.1. The molecule has 5 nitrogen and oxygen atoms in total. The maximum absolute atomic E-state index is 5.75. The number of aromatic nitrogens is 2. The van der Waals surface area contributed by atoms with Crippen LogP contribution in [-0.2, 0) is 6.54 Å². The third kappa shape index (κ3) is 2.90. The summed E-state index contributed by atoms with van der Waals surface area (Å²) in [5.74, 6) is 0. The number of nitrogens with zero attached hydrogens (tertiary/aromatic N) is 2. The highest BCUT2D eigenvalue weighted by molar-refractivity contribution is 5.69.